The molecule has 4 aromatic carbocycles. The van der Waals surface area contributed by atoms with Gasteiger partial charge in [0.15, 0.2) is 0 Å². The first kappa shape index (κ1) is 13.6. The maximum absolute atomic E-state index is 2.40. The number of rotatable bonds is 0. The number of anilines is 2. The second-order valence-corrected chi connectivity index (χ2v) is 6.61. The molecule has 0 fully saturated rings. The van der Waals surface area contributed by atoms with E-state index in [1.807, 2.05) is 0 Å². The molecule has 1 heteroatoms. The van der Waals surface area contributed by atoms with Crippen LogP contribution in [0.4, 0.5) is 11.4 Å². The Balaban J connectivity index is 1.96. The third-order valence-corrected chi connectivity index (χ3v) is 5.34. The van der Waals surface area contributed by atoms with E-state index in [1.54, 1.807) is 0 Å². The van der Waals surface area contributed by atoms with E-state index in [0.29, 0.717) is 0 Å². The SMILES string of the molecule is CN1c2ccccc2CCc2c1c1ccccc1c1ccccc21. The fraction of sp³-hybridized carbons (Fsp3) is 0.130. The van der Waals surface area contributed by atoms with Crippen LogP contribution >= 0.6 is 0 Å². The highest BCUT2D eigenvalue weighted by Gasteiger charge is 2.22. The normalized spacial score (nSPS) is 13.6. The summed E-state index contributed by atoms with van der Waals surface area (Å²) >= 11 is 0. The molecule has 0 aromatic heterocycles. The van der Waals surface area contributed by atoms with Gasteiger partial charge in [-0.25, -0.2) is 0 Å². The Labute approximate surface area is 142 Å². The molecule has 0 spiro atoms. The Kier molecular flexibility index (Phi) is 2.90. The lowest BCUT2D eigenvalue weighted by Crippen LogP contribution is -2.12. The number of para-hydroxylation sites is 1. The largest absolute Gasteiger partial charge is 0.344 e. The highest BCUT2D eigenvalue weighted by molar-refractivity contribution is 6.16. The summed E-state index contributed by atoms with van der Waals surface area (Å²) in [5, 5.41) is 5.46. The monoisotopic (exact) mass is 309 g/mol. The molecule has 0 N–H and O–H groups in total. The van der Waals surface area contributed by atoms with Crippen molar-refractivity contribution in [1.82, 2.24) is 0 Å². The quantitative estimate of drug-likeness (QED) is 0.368. The number of hydrogen-bond donors (Lipinski definition) is 0. The molecule has 5 rings (SSSR count). The zero-order valence-electron chi connectivity index (χ0n) is 13.8. The first-order valence-corrected chi connectivity index (χ1v) is 8.58. The number of benzene rings is 4. The van der Waals surface area contributed by atoms with Gasteiger partial charge in [-0.1, -0.05) is 66.7 Å². The number of fused-ring (bicyclic) bond motifs is 7. The number of nitrogens with zero attached hydrogens (tertiary/aromatic N) is 1. The van der Waals surface area contributed by atoms with E-state index < -0.39 is 0 Å². The van der Waals surface area contributed by atoms with Gasteiger partial charge >= 0.3 is 0 Å². The van der Waals surface area contributed by atoms with E-state index in [-0.39, 0.29) is 0 Å². The van der Waals surface area contributed by atoms with Crippen LogP contribution in [0.5, 0.6) is 0 Å². The highest BCUT2D eigenvalue weighted by Crippen LogP contribution is 2.43. The van der Waals surface area contributed by atoms with E-state index in [0.717, 1.165) is 12.8 Å². The van der Waals surface area contributed by atoms with Crippen molar-refractivity contribution in [3.8, 4) is 0 Å². The van der Waals surface area contributed by atoms with Crippen molar-refractivity contribution in [1.29, 1.82) is 0 Å². The van der Waals surface area contributed by atoms with Crippen molar-refractivity contribution in [2.24, 2.45) is 0 Å². The summed E-state index contributed by atoms with van der Waals surface area (Å²) in [6.45, 7) is 0. The van der Waals surface area contributed by atoms with Crippen LogP contribution in [0.2, 0.25) is 0 Å². The van der Waals surface area contributed by atoms with Crippen molar-refractivity contribution >= 4 is 32.9 Å². The van der Waals surface area contributed by atoms with E-state index in [1.165, 1.54) is 44.0 Å². The topological polar surface area (TPSA) is 3.24 Å². The number of hydrogen-bond acceptors (Lipinski definition) is 1. The molecule has 0 saturated carbocycles. The molecular weight excluding hydrogens is 290 g/mol. The average Bonchev–Trinajstić information content (AvgIpc) is 2.80. The predicted octanol–water partition coefficient (Wildman–Crippen LogP) is 5.86. The van der Waals surface area contributed by atoms with Gasteiger partial charge in [-0.3, -0.25) is 0 Å². The van der Waals surface area contributed by atoms with Crippen LogP contribution in [0.15, 0.2) is 72.8 Å². The lowest BCUT2D eigenvalue weighted by Gasteiger charge is -2.25. The molecule has 0 aliphatic carbocycles. The lowest BCUT2D eigenvalue weighted by atomic mass is 9.92. The molecule has 1 aliphatic heterocycles. The van der Waals surface area contributed by atoms with E-state index in [2.05, 4.69) is 84.7 Å². The van der Waals surface area contributed by atoms with Gasteiger partial charge < -0.3 is 4.90 Å². The molecule has 0 radical (unpaired) electrons. The van der Waals surface area contributed by atoms with Crippen LogP contribution in [-0.2, 0) is 12.8 Å². The van der Waals surface area contributed by atoms with Crippen molar-refractivity contribution in [3.63, 3.8) is 0 Å². The average molecular weight is 309 g/mol. The van der Waals surface area contributed by atoms with Crippen molar-refractivity contribution < 1.29 is 0 Å². The first-order valence-electron chi connectivity index (χ1n) is 8.58. The Morgan fingerprint density at radius 1 is 0.625 bits per heavy atom. The molecule has 1 aliphatic rings. The van der Waals surface area contributed by atoms with E-state index in [4.69, 9.17) is 0 Å². The molecule has 24 heavy (non-hydrogen) atoms. The van der Waals surface area contributed by atoms with Crippen LogP contribution in [0, 0.1) is 0 Å². The Hall–Kier alpha value is -2.80. The minimum Gasteiger partial charge on any atom is -0.344 e. The lowest BCUT2D eigenvalue weighted by molar-refractivity contribution is 0.987. The van der Waals surface area contributed by atoms with Gasteiger partial charge in [0.2, 0.25) is 0 Å². The molecule has 0 bridgehead atoms. The minimum atomic E-state index is 1.09. The summed E-state index contributed by atoms with van der Waals surface area (Å²) in [6.07, 6.45) is 2.18. The molecule has 0 atom stereocenters. The summed E-state index contributed by atoms with van der Waals surface area (Å²) in [5.74, 6) is 0. The molecule has 0 unspecified atom stereocenters. The molecule has 116 valence electrons. The molecule has 0 saturated heterocycles. The van der Waals surface area contributed by atoms with E-state index in [9.17, 15) is 0 Å². The fourth-order valence-electron chi connectivity index (χ4n) is 4.26. The second kappa shape index (κ2) is 5.10. The number of aryl methyl sites for hydroxylation is 2. The van der Waals surface area contributed by atoms with Gasteiger partial charge in [0, 0.05) is 18.1 Å². The summed E-state index contributed by atoms with van der Waals surface area (Å²) in [7, 11) is 2.21. The van der Waals surface area contributed by atoms with Crippen molar-refractivity contribution in [3.05, 3.63) is 83.9 Å². The zero-order chi connectivity index (χ0) is 16.1. The standard InChI is InChI=1S/C23H19N/c1-24-22-13-7-2-8-16(22)14-15-21-19-11-4-3-9-17(19)18-10-5-6-12-20(18)23(21)24/h2-13H,14-15H2,1H3. The van der Waals surface area contributed by atoms with Gasteiger partial charge in [-0.05, 0) is 46.2 Å². The second-order valence-electron chi connectivity index (χ2n) is 6.61. The van der Waals surface area contributed by atoms with Crippen LogP contribution in [-0.4, -0.2) is 7.05 Å². The highest BCUT2D eigenvalue weighted by atomic mass is 15.1. The summed E-state index contributed by atoms with van der Waals surface area (Å²) < 4.78 is 0. The summed E-state index contributed by atoms with van der Waals surface area (Å²) in [6, 6.07) is 26.5. The van der Waals surface area contributed by atoms with Gasteiger partial charge in [0.05, 0.1) is 5.69 Å². The summed E-state index contributed by atoms with van der Waals surface area (Å²) in [4.78, 5) is 2.40. The van der Waals surface area contributed by atoms with Gasteiger partial charge in [-0.15, -0.1) is 0 Å². The molecule has 1 heterocycles. The van der Waals surface area contributed by atoms with Crippen molar-refractivity contribution in [2.75, 3.05) is 11.9 Å². The Bertz CT molecular complexity index is 1080. The fourth-order valence-corrected chi connectivity index (χ4v) is 4.26. The van der Waals surface area contributed by atoms with Gasteiger partial charge in [0.1, 0.15) is 0 Å². The van der Waals surface area contributed by atoms with Crippen LogP contribution < -0.4 is 4.90 Å². The molecule has 1 nitrogen and oxygen atoms in total. The smallest absolute Gasteiger partial charge is 0.0526 e. The Morgan fingerprint density at radius 3 is 2.00 bits per heavy atom. The maximum Gasteiger partial charge on any atom is 0.0526 e. The van der Waals surface area contributed by atoms with Gasteiger partial charge in [-0.2, -0.15) is 0 Å². The zero-order valence-corrected chi connectivity index (χ0v) is 13.8. The Morgan fingerprint density at radius 2 is 1.21 bits per heavy atom. The van der Waals surface area contributed by atoms with Crippen LogP contribution in [0.25, 0.3) is 21.5 Å². The van der Waals surface area contributed by atoms with E-state index >= 15 is 0 Å². The van der Waals surface area contributed by atoms with Gasteiger partial charge in [0.25, 0.3) is 0 Å². The predicted molar refractivity (Wildman–Crippen MR) is 103 cm³/mol. The minimum absolute atomic E-state index is 1.09. The van der Waals surface area contributed by atoms with Crippen LogP contribution in [0.3, 0.4) is 0 Å². The first-order chi connectivity index (χ1) is 11.8. The molecular formula is C23H19N. The third kappa shape index (κ3) is 1.81. The van der Waals surface area contributed by atoms with Crippen LogP contribution in [0.1, 0.15) is 11.1 Å². The van der Waals surface area contributed by atoms with Crippen molar-refractivity contribution in [2.45, 2.75) is 12.8 Å². The third-order valence-electron chi connectivity index (χ3n) is 5.34. The summed E-state index contributed by atoms with van der Waals surface area (Å²) in [5.41, 5.74) is 5.61. The molecule has 4 aromatic rings. The molecule has 0 amide bonds. The maximum atomic E-state index is 2.40.